The van der Waals surface area contributed by atoms with Crippen molar-refractivity contribution in [3.63, 3.8) is 0 Å². The van der Waals surface area contributed by atoms with E-state index < -0.39 is 0 Å². The molecule has 152 valence electrons. The Balaban J connectivity index is 1.12. The van der Waals surface area contributed by atoms with Crippen molar-refractivity contribution in [1.82, 2.24) is 10.2 Å². The number of hydrogen-bond acceptors (Lipinski definition) is 3. The molecule has 1 heterocycles. The zero-order chi connectivity index (χ0) is 19.3. The molecule has 4 rings (SSSR count). The second-order valence-corrected chi connectivity index (χ2v) is 8.77. The number of rotatable bonds is 7. The van der Waals surface area contributed by atoms with Gasteiger partial charge in [-0.15, -0.1) is 0 Å². The van der Waals surface area contributed by atoms with E-state index in [1.165, 1.54) is 25.7 Å². The number of amides is 2. The molecule has 2 bridgehead atoms. The smallest absolute Gasteiger partial charge is 0.260 e. The number of carbonyl (C=O) groups excluding carboxylic acids is 2. The summed E-state index contributed by atoms with van der Waals surface area (Å²) in [6.45, 7) is 2.16. The Morgan fingerprint density at radius 3 is 2.50 bits per heavy atom. The molecule has 2 saturated carbocycles. The van der Waals surface area contributed by atoms with Crippen LogP contribution < -0.4 is 10.1 Å². The quantitative estimate of drug-likeness (QED) is 0.785. The molecule has 1 aromatic rings. The Bertz CT molecular complexity index is 670. The molecule has 28 heavy (non-hydrogen) atoms. The minimum Gasteiger partial charge on any atom is -0.484 e. The lowest BCUT2D eigenvalue weighted by molar-refractivity contribution is -0.137. The third-order valence-corrected chi connectivity index (χ3v) is 7.02. The largest absolute Gasteiger partial charge is 0.484 e. The first-order chi connectivity index (χ1) is 13.7. The summed E-state index contributed by atoms with van der Waals surface area (Å²) < 4.78 is 5.55. The number of fused-ring (bicyclic) bond motifs is 2. The van der Waals surface area contributed by atoms with E-state index in [9.17, 15) is 9.59 Å². The third kappa shape index (κ3) is 4.68. The third-order valence-electron chi connectivity index (χ3n) is 7.02. The van der Waals surface area contributed by atoms with E-state index in [-0.39, 0.29) is 24.3 Å². The van der Waals surface area contributed by atoms with Crippen LogP contribution in [0.25, 0.3) is 0 Å². The lowest BCUT2D eigenvalue weighted by Crippen LogP contribution is -2.44. The van der Waals surface area contributed by atoms with Crippen LogP contribution in [0.2, 0.25) is 0 Å². The second-order valence-electron chi connectivity index (χ2n) is 8.77. The van der Waals surface area contributed by atoms with E-state index in [0.717, 1.165) is 43.6 Å². The molecule has 3 atom stereocenters. The van der Waals surface area contributed by atoms with E-state index in [4.69, 9.17) is 4.74 Å². The fraction of sp³-hybridized carbons (Fsp3) is 0.652. The number of carbonyl (C=O) groups is 2. The summed E-state index contributed by atoms with van der Waals surface area (Å²) in [5.74, 6) is 3.66. The molecule has 2 amide bonds. The van der Waals surface area contributed by atoms with Crippen molar-refractivity contribution in [2.24, 2.45) is 23.7 Å². The lowest BCUT2D eigenvalue weighted by atomic mass is 9.86. The molecule has 0 radical (unpaired) electrons. The highest BCUT2D eigenvalue weighted by molar-refractivity contribution is 5.80. The molecule has 0 spiro atoms. The predicted octanol–water partition coefficient (Wildman–Crippen LogP) is 3.25. The molecule has 1 N–H and O–H groups in total. The first kappa shape index (κ1) is 19.3. The molecule has 5 heteroatoms. The van der Waals surface area contributed by atoms with Crippen LogP contribution in [0.1, 0.15) is 44.9 Å². The van der Waals surface area contributed by atoms with Crippen LogP contribution in [0.15, 0.2) is 30.3 Å². The molecule has 1 saturated heterocycles. The fourth-order valence-corrected chi connectivity index (χ4v) is 5.40. The van der Waals surface area contributed by atoms with Gasteiger partial charge in [-0.25, -0.2) is 0 Å². The summed E-state index contributed by atoms with van der Waals surface area (Å²) in [4.78, 5) is 26.6. The number of piperidine rings is 1. The summed E-state index contributed by atoms with van der Waals surface area (Å²) >= 11 is 0. The molecule has 3 unspecified atom stereocenters. The van der Waals surface area contributed by atoms with Crippen LogP contribution in [0.3, 0.4) is 0 Å². The highest BCUT2D eigenvalue weighted by Gasteiger charge is 2.39. The number of benzene rings is 1. The summed E-state index contributed by atoms with van der Waals surface area (Å²) in [5, 5.41) is 3.16. The SMILES string of the molecule is O=C(NCCC1CC2CCC1C2)C1CCN(C(=O)COc2ccccc2)CC1. The van der Waals surface area contributed by atoms with Gasteiger partial charge in [-0.1, -0.05) is 24.6 Å². The lowest BCUT2D eigenvalue weighted by Gasteiger charge is -2.31. The van der Waals surface area contributed by atoms with E-state index in [1.54, 1.807) is 0 Å². The second kappa shape index (κ2) is 8.97. The first-order valence-electron chi connectivity index (χ1n) is 10.9. The van der Waals surface area contributed by atoms with Crippen molar-refractivity contribution in [3.05, 3.63) is 30.3 Å². The summed E-state index contributed by atoms with van der Waals surface area (Å²) in [7, 11) is 0. The van der Waals surface area contributed by atoms with Gasteiger partial charge in [0, 0.05) is 25.6 Å². The number of nitrogens with one attached hydrogen (secondary N) is 1. The number of ether oxygens (including phenoxy) is 1. The standard InChI is InChI=1S/C23H32N2O3/c26-22(16-28-21-4-2-1-3-5-21)25-12-9-18(10-13-25)23(27)24-11-8-20-15-17-6-7-19(20)14-17/h1-5,17-20H,6-16H2,(H,24,27). The van der Waals surface area contributed by atoms with Gasteiger partial charge >= 0.3 is 0 Å². The molecule has 0 aromatic heterocycles. The summed E-state index contributed by atoms with van der Waals surface area (Å²) in [6, 6.07) is 9.39. The van der Waals surface area contributed by atoms with E-state index in [0.29, 0.717) is 18.8 Å². The topological polar surface area (TPSA) is 58.6 Å². The Labute approximate surface area is 167 Å². The van der Waals surface area contributed by atoms with Crippen molar-refractivity contribution in [2.45, 2.75) is 44.9 Å². The Morgan fingerprint density at radius 2 is 1.82 bits per heavy atom. The van der Waals surface area contributed by atoms with Crippen LogP contribution in [0, 0.1) is 23.7 Å². The molecule has 1 aliphatic heterocycles. The zero-order valence-electron chi connectivity index (χ0n) is 16.6. The van der Waals surface area contributed by atoms with Crippen LogP contribution in [-0.2, 0) is 9.59 Å². The van der Waals surface area contributed by atoms with Gasteiger partial charge in [-0.2, -0.15) is 0 Å². The van der Waals surface area contributed by atoms with Gasteiger partial charge in [-0.05, 0) is 68.4 Å². The maximum atomic E-state index is 12.5. The van der Waals surface area contributed by atoms with Crippen LogP contribution in [0.4, 0.5) is 0 Å². The van der Waals surface area contributed by atoms with Gasteiger partial charge in [0.2, 0.25) is 5.91 Å². The van der Waals surface area contributed by atoms with Gasteiger partial charge in [0.05, 0.1) is 0 Å². The number of likely N-dealkylation sites (tertiary alicyclic amines) is 1. The Kier molecular flexibility index (Phi) is 6.18. The summed E-state index contributed by atoms with van der Waals surface area (Å²) in [5.41, 5.74) is 0. The maximum Gasteiger partial charge on any atom is 0.260 e. The van der Waals surface area contributed by atoms with E-state index >= 15 is 0 Å². The minimum absolute atomic E-state index is 0.000928. The summed E-state index contributed by atoms with van der Waals surface area (Å²) in [6.07, 6.45) is 8.28. The molecular weight excluding hydrogens is 352 g/mol. The van der Waals surface area contributed by atoms with Crippen LogP contribution >= 0.6 is 0 Å². The van der Waals surface area contributed by atoms with Crippen molar-refractivity contribution in [1.29, 1.82) is 0 Å². The van der Waals surface area contributed by atoms with Gasteiger partial charge in [0.15, 0.2) is 6.61 Å². The van der Waals surface area contributed by atoms with Gasteiger partial charge in [-0.3, -0.25) is 9.59 Å². The van der Waals surface area contributed by atoms with Crippen LogP contribution in [-0.4, -0.2) is 43.0 Å². The number of hydrogen-bond donors (Lipinski definition) is 1. The van der Waals surface area contributed by atoms with Crippen molar-refractivity contribution in [2.75, 3.05) is 26.2 Å². The molecule has 3 fully saturated rings. The molecule has 2 aliphatic carbocycles. The molecule has 3 aliphatic rings. The number of nitrogens with zero attached hydrogens (tertiary/aromatic N) is 1. The molecular formula is C23H32N2O3. The average Bonchev–Trinajstić information content (AvgIpc) is 3.36. The highest BCUT2D eigenvalue weighted by atomic mass is 16.5. The van der Waals surface area contributed by atoms with Crippen LogP contribution in [0.5, 0.6) is 5.75 Å². The minimum atomic E-state index is -0.000928. The monoisotopic (exact) mass is 384 g/mol. The average molecular weight is 385 g/mol. The Hall–Kier alpha value is -2.04. The fourth-order valence-electron chi connectivity index (χ4n) is 5.40. The van der Waals surface area contributed by atoms with E-state index in [1.807, 2.05) is 35.2 Å². The number of para-hydroxylation sites is 1. The Morgan fingerprint density at radius 1 is 1.04 bits per heavy atom. The van der Waals surface area contributed by atoms with Gasteiger partial charge in [0.1, 0.15) is 5.75 Å². The van der Waals surface area contributed by atoms with E-state index in [2.05, 4.69) is 5.32 Å². The molecule has 5 nitrogen and oxygen atoms in total. The van der Waals surface area contributed by atoms with Crippen molar-refractivity contribution in [3.8, 4) is 5.75 Å². The molecule has 1 aromatic carbocycles. The van der Waals surface area contributed by atoms with Crippen molar-refractivity contribution >= 4 is 11.8 Å². The normalized spacial score (nSPS) is 27.0. The maximum absolute atomic E-state index is 12.5. The van der Waals surface area contributed by atoms with Crippen molar-refractivity contribution < 1.29 is 14.3 Å². The zero-order valence-corrected chi connectivity index (χ0v) is 16.6. The highest BCUT2D eigenvalue weighted by Crippen LogP contribution is 2.49. The first-order valence-corrected chi connectivity index (χ1v) is 10.9. The van der Waals surface area contributed by atoms with Gasteiger partial charge < -0.3 is 15.0 Å². The van der Waals surface area contributed by atoms with Gasteiger partial charge in [0.25, 0.3) is 5.91 Å². The predicted molar refractivity (Wildman–Crippen MR) is 108 cm³/mol.